The molecule has 87 heavy (non-hydrogen) atoms. The van der Waals surface area contributed by atoms with E-state index in [1.165, 1.54) is 64.2 Å². The van der Waals surface area contributed by atoms with Crippen LogP contribution in [0.3, 0.4) is 0 Å². The fourth-order valence-corrected chi connectivity index (χ4v) is 11.0. The predicted octanol–water partition coefficient (Wildman–Crippen LogP) is 16.9. The molecule has 7 atom stereocenters. The second-order valence-corrected chi connectivity index (χ2v) is 29.5. The van der Waals surface area contributed by atoms with Gasteiger partial charge in [0, 0.05) is 26.2 Å². The van der Waals surface area contributed by atoms with Crippen molar-refractivity contribution in [2.45, 2.75) is 285 Å². The summed E-state index contributed by atoms with van der Waals surface area (Å²) in [5.74, 6) is -1.32. The highest BCUT2D eigenvalue weighted by molar-refractivity contribution is 7.48. The van der Waals surface area contributed by atoms with Crippen molar-refractivity contribution >= 4 is 102 Å². The molecule has 1 aliphatic heterocycles. The van der Waals surface area contributed by atoms with Gasteiger partial charge < -0.3 is 53.6 Å². The number of esters is 2. The summed E-state index contributed by atoms with van der Waals surface area (Å²) in [6.07, 6.45) is 17.5. The molecule has 1 aliphatic rings. The van der Waals surface area contributed by atoms with Crippen LogP contribution in [0, 0.1) is 5.41 Å². The number of ether oxygens (including phenoxy) is 8. The SMILES string of the molecule is CCCCCCCCCCCCCC(=O)OC(CCCCCCCCCCC)CC(=O)OC1C(NC(=O)OCC(Cl)(Cl)Cl)C(OCC(CO)(CNC(=O)OCC(Cl)(Cl)Cl)COCCCC)OC(COCCCC)C1OP(=O)(OCCCC)OCCCC. The highest BCUT2D eigenvalue weighted by Gasteiger charge is 2.54. The van der Waals surface area contributed by atoms with Crippen LogP contribution in [0.5, 0.6) is 0 Å². The molecule has 1 fully saturated rings. The molecular weight excluding hydrogens is 1280 g/mol. The second-order valence-electron chi connectivity index (χ2n) is 22.8. The maximum absolute atomic E-state index is 15.0. The number of unbranched alkanes of at least 4 members (excludes halogenated alkanes) is 22. The Hall–Kier alpha value is -0.870. The van der Waals surface area contributed by atoms with Gasteiger partial charge in [0.25, 0.3) is 0 Å². The first-order valence-electron chi connectivity index (χ1n) is 32.6. The number of carbonyl (C=O) groups excluding carboxylic acids is 4. The van der Waals surface area contributed by atoms with Crippen molar-refractivity contribution in [2.75, 3.05) is 72.6 Å². The minimum atomic E-state index is -4.59. The highest BCUT2D eigenvalue weighted by atomic mass is 35.6. The third-order valence-electron chi connectivity index (χ3n) is 14.5. The van der Waals surface area contributed by atoms with Crippen LogP contribution in [0.15, 0.2) is 0 Å². The molecule has 514 valence electrons. The molecule has 0 spiro atoms. The van der Waals surface area contributed by atoms with Crippen LogP contribution in [-0.2, 0) is 65.6 Å². The number of amides is 2. The largest absolute Gasteiger partial charge is 0.475 e. The molecule has 1 rings (SSSR count). The molecule has 1 heterocycles. The molecule has 26 heteroatoms. The fraction of sp³-hybridized carbons (Fsp3) is 0.934. The van der Waals surface area contributed by atoms with E-state index in [0.29, 0.717) is 57.8 Å². The molecule has 3 N–H and O–H groups in total. The van der Waals surface area contributed by atoms with Gasteiger partial charge in [-0.25, -0.2) is 14.2 Å². The van der Waals surface area contributed by atoms with Crippen molar-refractivity contribution in [3.63, 3.8) is 0 Å². The number of phosphoric acid groups is 1. The lowest BCUT2D eigenvalue weighted by Gasteiger charge is -2.46. The number of carbonyl (C=O) groups is 4. The normalized spacial score (nSPS) is 18.4. The first-order valence-corrected chi connectivity index (χ1v) is 36.3. The monoisotopic (exact) mass is 1380 g/mol. The molecule has 0 radical (unpaired) electrons. The number of nitrogens with one attached hydrogen (secondary N) is 2. The zero-order valence-corrected chi connectivity index (χ0v) is 58.8. The van der Waals surface area contributed by atoms with Crippen LogP contribution >= 0.6 is 77.4 Å². The van der Waals surface area contributed by atoms with E-state index in [2.05, 4.69) is 24.5 Å². The zero-order chi connectivity index (χ0) is 64.7. The van der Waals surface area contributed by atoms with Crippen molar-refractivity contribution in [1.82, 2.24) is 10.6 Å². The van der Waals surface area contributed by atoms with E-state index in [4.69, 9.17) is 121 Å². The topological polar surface area (TPSA) is 231 Å². The van der Waals surface area contributed by atoms with Gasteiger partial charge in [-0.1, -0.05) is 252 Å². The highest BCUT2D eigenvalue weighted by Crippen LogP contribution is 2.53. The molecule has 0 bridgehead atoms. The van der Waals surface area contributed by atoms with E-state index in [1.54, 1.807) is 0 Å². The van der Waals surface area contributed by atoms with Crippen molar-refractivity contribution in [1.29, 1.82) is 0 Å². The van der Waals surface area contributed by atoms with E-state index < -0.39 is 115 Å². The molecule has 0 saturated carbocycles. The Bertz CT molecular complexity index is 1800. The summed E-state index contributed by atoms with van der Waals surface area (Å²) in [7, 11) is -4.59. The third-order valence-corrected chi connectivity index (χ3v) is 16.6. The Balaban J connectivity index is 4.01. The van der Waals surface area contributed by atoms with Crippen LogP contribution in [-0.4, -0.2) is 146 Å². The zero-order valence-electron chi connectivity index (χ0n) is 53.4. The number of alkyl halides is 6. The van der Waals surface area contributed by atoms with E-state index in [0.717, 1.165) is 64.2 Å². The number of aliphatic hydroxyl groups is 1. The number of halogens is 6. The summed E-state index contributed by atoms with van der Waals surface area (Å²) in [6, 6.07) is -1.65. The van der Waals surface area contributed by atoms with Gasteiger partial charge in [-0.2, -0.15) is 0 Å². The summed E-state index contributed by atoms with van der Waals surface area (Å²) < 4.78 is 77.9. The van der Waals surface area contributed by atoms with Crippen LogP contribution < -0.4 is 10.6 Å². The molecule has 7 unspecified atom stereocenters. The molecule has 0 aromatic carbocycles. The maximum atomic E-state index is 15.0. The lowest BCUT2D eigenvalue weighted by atomic mass is 9.90. The summed E-state index contributed by atoms with van der Waals surface area (Å²) in [5, 5.41) is 16.4. The average molecular weight is 1390 g/mol. The number of hydrogen-bond acceptors (Lipinski definition) is 17. The molecule has 0 aliphatic carbocycles. The van der Waals surface area contributed by atoms with Crippen molar-refractivity contribution in [3.8, 4) is 0 Å². The fourth-order valence-electron chi connectivity index (χ4n) is 9.25. The number of aliphatic hydroxyl groups excluding tert-OH is 1. The van der Waals surface area contributed by atoms with Gasteiger partial charge in [-0.05, 0) is 44.9 Å². The van der Waals surface area contributed by atoms with Crippen LogP contribution in [0.2, 0.25) is 0 Å². The number of alkyl carbamates (subject to hydrolysis) is 2. The van der Waals surface area contributed by atoms with E-state index >= 15 is 0 Å². The van der Waals surface area contributed by atoms with Gasteiger partial charge in [-0.3, -0.25) is 23.2 Å². The predicted molar refractivity (Wildman–Crippen MR) is 345 cm³/mol. The van der Waals surface area contributed by atoms with Gasteiger partial charge in [0.2, 0.25) is 7.59 Å². The van der Waals surface area contributed by atoms with Crippen LogP contribution in [0.1, 0.15) is 241 Å². The minimum Gasteiger partial charge on any atom is -0.462 e. The van der Waals surface area contributed by atoms with Crippen molar-refractivity contribution in [3.05, 3.63) is 0 Å². The van der Waals surface area contributed by atoms with Gasteiger partial charge in [0.05, 0.1) is 51.5 Å². The quantitative estimate of drug-likeness (QED) is 0.0169. The minimum absolute atomic E-state index is 0.0346. The molecule has 0 aromatic heterocycles. The second kappa shape index (κ2) is 51.5. The van der Waals surface area contributed by atoms with Crippen LogP contribution in [0.4, 0.5) is 9.59 Å². The average Bonchev–Trinajstić information content (AvgIpc) is 1.46. The number of hydrogen-bond donors (Lipinski definition) is 3. The molecule has 0 aromatic rings. The van der Waals surface area contributed by atoms with E-state index in [9.17, 15) is 28.8 Å². The van der Waals surface area contributed by atoms with Crippen LogP contribution in [0.25, 0.3) is 0 Å². The summed E-state index contributed by atoms with van der Waals surface area (Å²) >= 11 is 35.6. The Kier molecular flexibility index (Phi) is 49.8. The Labute approximate surface area is 552 Å². The Morgan fingerprint density at radius 2 is 1.02 bits per heavy atom. The summed E-state index contributed by atoms with van der Waals surface area (Å²) in [6.45, 7) is 9.42. The summed E-state index contributed by atoms with van der Waals surface area (Å²) in [4.78, 5) is 55.6. The lowest BCUT2D eigenvalue weighted by Crippen LogP contribution is -2.67. The van der Waals surface area contributed by atoms with E-state index in [1.807, 2.05) is 27.7 Å². The third kappa shape index (κ3) is 43.6. The van der Waals surface area contributed by atoms with Crippen molar-refractivity contribution < 1.29 is 80.3 Å². The maximum Gasteiger partial charge on any atom is 0.475 e. The van der Waals surface area contributed by atoms with Gasteiger partial charge in [0.15, 0.2) is 12.4 Å². The Morgan fingerprint density at radius 1 is 0.552 bits per heavy atom. The first-order chi connectivity index (χ1) is 41.6. The molecular formula is C61H111Cl6N2O17P. The Morgan fingerprint density at radius 3 is 1.53 bits per heavy atom. The van der Waals surface area contributed by atoms with Gasteiger partial charge in [0.1, 0.15) is 37.6 Å². The number of rotatable bonds is 55. The summed E-state index contributed by atoms with van der Waals surface area (Å²) in [5.41, 5.74) is -1.46. The number of phosphoric ester groups is 1. The van der Waals surface area contributed by atoms with Gasteiger partial charge >= 0.3 is 31.9 Å². The molecule has 1 saturated heterocycles. The standard InChI is InChI=1S/C61H111Cl6N2O17P/c1-7-13-19-21-23-25-26-28-30-32-34-36-51(71)83-49(35-33-31-29-27-24-22-20-14-8-2)41-52(72)85-55-53(69-58(74)80-48-61(65,66)67)56(78-46-59(44-70,45-77-38-16-10-4)43-68-57(73)79-47-60(62,63)64)84-50(42-76-37-15-9-3)54(55)86-87(75,81-39-17-11-5)82-40-18-12-6/h49-50,53-56,70H,7-48H2,1-6H3,(H,68,73)(H,69,74). The van der Waals surface area contributed by atoms with E-state index in [-0.39, 0.29) is 52.6 Å². The van der Waals surface area contributed by atoms with Crippen molar-refractivity contribution in [2.24, 2.45) is 5.41 Å². The van der Waals surface area contributed by atoms with Gasteiger partial charge in [-0.15, -0.1) is 0 Å². The lowest BCUT2D eigenvalue weighted by molar-refractivity contribution is -0.281. The molecule has 2 amide bonds. The smallest absolute Gasteiger partial charge is 0.462 e. The first kappa shape index (κ1) is 84.1. The molecule has 19 nitrogen and oxygen atoms in total.